The summed E-state index contributed by atoms with van der Waals surface area (Å²) in [5, 5.41) is 14.3. The standard InChI is InChI=1S/C29H29FN6O3/c1-15(37)25-26(19-11-21-8-9-22(12-19)35(21)29(39)16(2)38)34-28-23(14-33-36(28)27(25)31)18-5-10-24(32-13-18)17-3-6-20(30)7-4-17/h3-7,10,13-14,16,19,21-22,38H,8-9,11-12,31H2,1-2H3/t16-,21-,22-/m1/s1. The Morgan fingerprint density at radius 1 is 1.05 bits per heavy atom. The molecule has 1 amide bonds. The van der Waals surface area contributed by atoms with Crippen molar-refractivity contribution < 1.29 is 19.1 Å². The van der Waals surface area contributed by atoms with Crippen molar-refractivity contribution in [2.45, 2.75) is 63.6 Å². The molecule has 0 aliphatic carbocycles. The lowest BCUT2D eigenvalue weighted by Crippen LogP contribution is -2.49. The van der Waals surface area contributed by atoms with Gasteiger partial charge in [0, 0.05) is 40.9 Å². The Bertz CT molecular complexity index is 1570. The number of rotatable bonds is 5. The molecule has 10 heteroatoms. The number of nitrogen functional groups attached to an aromatic ring is 1. The highest BCUT2D eigenvalue weighted by molar-refractivity contribution is 6.00. The number of halogens is 1. The third-order valence-corrected chi connectivity index (χ3v) is 8.01. The molecule has 5 heterocycles. The number of hydrogen-bond acceptors (Lipinski definition) is 7. The van der Waals surface area contributed by atoms with Gasteiger partial charge >= 0.3 is 0 Å². The highest BCUT2D eigenvalue weighted by Crippen LogP contribution is 2.44. The molecule has 0 spiro atoms. The van der Waals surface area contributed by atoms with E-state index >= 15 is 0 Å². The van der Waals surface area contributed by atoms with E-state index in [1.807, 2.05) is 17.0 Å². The van der Waals surface area contributed by atoms with E-state index in [1.165, 1.54) is 30.5 Å². The molecule has 2 fully saturated rings. The Morgan fingerprint density at radius 3 is 2.31 bits per heavy atom. The van der Waals surface area contributed by atoms with Crippen LogP contribution < -0.4 is 5.73 Å². The molecule has 4 aromatic rings. The van der Waals surface area contributed by atoms with E-state index in [4.69, 9.17) is 10.7 Å². The molecule has 6 rings (SSSR count). The molecule has 3 N–H and O–H groups in total. The summed E-state index contributed by atoms with van der Waals surface area (Å²) >= 11 is 0. The summed E-state index contributed by atoms with van der Waals surface area (Å²) in [6.07, 6.45) is 5.35. The van der Waals surface area contributed by atoms with E-state index in [1.54, 1.807) is 24.5 Å². The molecule has 9 nitrogen and oxygen atoms in total. The molecular weight excluding hydrogens is 499 g/mol. The zero-order valence-electron chi connectivity index (χ0n) is 21.7. The van der Waals surface area contributed by atoms with E-state index in [-0.39, 0.29) is 41.3 Å². The molecule has 0 unspecified atom stereocenters. The molecule has 0 radical (unpaired) electrons. The number of ketones is 1. The van der Waals surface area contributed by atoms with Gasteiger partial charge in [0.05, 0.1) is 23.1 Å². The number of nitrogens with zero attached hydrogens (tertiary/aromatic N) is 5. The average Bonchev–Trinajstić information content (AvgIpc) is 3.46. The van der Waals surface area contributed by atoms with E-state index in [2.05, 4.69) is 10.1 Å². The maximum atomic E-state index is 13.3. The van der Waals surface area contributed by atoms with Crippen LogP contribution in [0.2, 0.25) is 0 Å². The smallest absolute Gasteiger partial charge is 0.251 e. The second-order valence-corrected chi connectivity index (χ2v) is 10.5. The predicted molar refractivity (Wildman–Crippen MR) is 143 cm³/mol. The average molecular weight is 529 g/mol. The molecule has 200 valence electrons. The van der Waals surface area contributed by atoms with Crippen molar-refractivity contribution in [3.05, 3.63) is 65.9 Å². The van der Waals surface area contributed by atoms with Crippen LogP contribution >= 0.6 is 0 Å². The quantitative estimate of drug-likeness (QED) is 0.375. The highest BCUT2D eigenvalue weighted by atomic mass is 19.1. The van der Waals surface area contributed by atoms with Crippen molar-refractivity contribution in [2.75, 3.05) is 5.73 Å². The van der Waals surface area contributed by atoms with Gasteiger partial charge in [-0.1, -0.05) is 6.07 Å². The van der Waals surface area contributed by atoms with Gasteiger partial charge in [-0.3, -0.25) is 14.6 Å². The van der Waals surface area contributed by atoms with Crippen molar-refractivity contribution in [3.63, 3.8) is 0 Å². The second-order valence-electron chi connectivity index (χ2n) is 10.5. The number of pyridine rings is 1. The van der Waals surface area contributed by atoms with Gasteiger partial charge in [-0.25, -0.2) is 9.37 Å². The number of aliphatic hydroxyl groups is 1. The predicted octanol–water partition coefficient (Wildman–Crippen LogP) is 4.00. The number of hydrogen-bond donors (Lipinski definition) is 2. The van der Waals surface area contributed by atoms with Gasteiger partial charge in [0.15, 0.2) is 11.4 Å². The summed E-state index contributed by atoms with van der Waals surface area (Å²) in [6, 6.07) is 9.88. The van der Waals surface area contributed by atoms with E-state index in [9.17, 15) is 19.1 Å². The minimum absolute atomic E-state index is 0.0116. The first-order valence-electron chi connectivity index (χ1n) is 13.1. The Balaban J connectivity index is 1.39. The SMILES string of the molecule is CC(=O)c1c(C2C[C@H]3CC[C@H](C2)N3C(=O)[C@@H](C)O)nc2c(-c3ccc(-c4ccc(F)cc4)nc3)cnn2c1N. The molecule has 39 heavy (non-hydrogen) atoms. The first-order valence-corrected chi connectivity index (χ1v) is 13.1. The third-order valence-electron chi connectivity index (χ3n) is 8.01. The fourth-order valence-corrected chi connectivity index (χ4v) is 6.21. The van der Waals surface area contributed by atoms with Gasteiger partial charge < -0.3 is 15.7 Å². The van der Waals surface area contributed by atoms with E-state index < -0.39 is 6.10 Å². The maximum absolute atomic E-state index is 13.3. The van der Waals surface area contributed by atoms with E-state index in [0.29, 0.717) is 35.4 Å². The number of anilines is 1. The Hall–Kier alpha value is -4.18. The molecule has 2 aliphatic heterocycles. The van der Waals surface area contributed by atoms with Gasteiger partial charge in [-0.05, 0) is 69.9 Å². The van der Waals surface area contributed by atoms with Crippen molar-refractivity contribution in [1.29, 1.82) is 0 Å². The lowest BCUT2D eigenvalue weighted by molar-refractivity contribution is -0.144. The number of amides is 1. The largest absolute Gasteiger partial charge is 0.384 e. The molecule has 2 bridgehead atoms. The summed E-state index contributed by atoms with van der Waals surface area (Å²) in [5.74, 6) is -0.563. The monoisotopic (exact) mass is 528 g/mol. The molecule has 1 aromatic carbocycles. The zero-order valence-corrected chi connectivity index (χ0v) is 21.7. The number of carbonyl (C=O) groups is 2. The number of benzene rings is 1. The van der Waals surface area contributed by atoms with Crippen LogP contribution in [0.1, 0.15) is 61.5 Å². The van der Waals surface area contributed by atoms with Gasteiger partial charge in [-0.2, -0.15) is 9.61 Å². The van der Waals surface area contributed by atoms with Crippen LogP contribution in [0.3, 0.4) is 0 Å². The first kappa shape index (κ1) is 25.1. The van der Waals surface area contributed by atoms with Crippen LogP contribution in [0.15, 0.2) is 48.8 Å². The minimum Gasteiger partial charge on any atom is -0.384 e. The van der Waals surface area contributed by atoms with Crippen LogP contribution in [0.5, 0.6) is 0 Å². The van der Waals surface area contributed by atoms with Crippen LogP contribution in [-0.2, 0) is 4.79 Å². The molecular formula is C29H29FN6O3. The lowest BCUT2D eigenvalue weighted by Gasteiger charge is -2.39. The van der Waals surface area contributed by atoms with Crippen molar-refractivity contribution >= 4 is 23.2 Å². The molecule has 2 aliphatic rings. The van der Waals surface area contributed by atoms with Crippen LogP contribution in [-0.4, -0.2) is 59.5 Å². The Morgan fingerprint density at radius 2 is 1.72 bits per heavy atom. The number of piperidine rings is 1. The van der Waals surface area contributed by atoms with Crippen molar-refractivity contribution in [2.24, 2.45) is 0 Å². The van der Waals surface area contributed by atoms with E-state index in [0.717, 1.165) is 29.5 Å². The van der Waals surface area contributed by atoms with Crippen LogP contribution in [0.25, 0.3) is 28.0 Å². The number of nitrogens with two attached hydrogens (primary N) is 1. The fourth-order valence-electron chi connectivity index (χ4n) is 6.21. The summed E-state index contributed by atoms with van der Waals surface area (Å²) in [6.45, 7) is 2.98. The number of carbonyl (C=O) groups excluding carboxylic acids is 2. The van der Waals surface area contributed by atoms with Gasteiger partial charge in [0.2, 0.25) is 0 Å². The normalized spacial score (nSPS) is 21.3. The summed E-state index contributed by atoms with van der Waals surface area (Å²) in [4.78, 5) is 36.8. The highest BCUT2D eigenvalue weighted by Gasteiger charge is 2.45. The number of Topliss-reactive ketones (excluding diaryl/α,β-unsaturated/α-hetero) is 1. The molecule has 0 saturated carbocycles. The number of fused-ring (bicyclic) bond motifs is 3. The number of aliphatic hydroxyl groups excluding tert-OH is 1. The topological polar surface area (TPSA) is 127 Å². The van der Waals surface area contributed by atoms with Crippen LogP contribution in [0, 0.1) is 5.82 Å². The first-order chi connectivity index (χ1) is 18.7. The van der Waals surface area contributed by atoms with Gasteiger partial charge in [0.25, 0.3) is 5.91 Å². The Labute approximate surface area is 224 Å². The van der Waals surface area contributed by atoms with Crippen LogP contribution in [0.4, 0.5) is 10.2 Å². The fraction of sp³-hybridized carbons (Fsp3) is 0.345. The summed E-state index contributed by atoms with van der Waals surface area (Å²) in [7, 11) is 0. The third kappa shape index (κ3) is 4.24. The number of aromatic nitrogens is 4. The second kappa shape index (κ2) is 9.53. The molecule has 2 saturated heterocycles. The minimum atomic E-state index is -1.04. The summed E-state index contributed by atoms with van der Waals surface area (Å²) in [5.41, 5.74) is 11.1. The Kier molecular flexibility index (Phi) is 6.14. The lowest BCUT2D eigenvalue weighted by atomic mass is 9.85. The van der Waals surface area contributed by atoms with Gasteiger partial charge in [-0.15, -0.1) is 0 Å². The zero-order chi connectivity index (χ0) is 27.4. The summed E-state index contributed by atoms with van der Waals surface area (Å²) < 4.78 is 14.8. The molecule has 3 aromatic heterocycles. The maximum Gasteiger partial charge on any atom is 0.251 e. The van der Waals surface area contributed by atoms with Crippen molar-refractivity contribution in [1.82, 2.24) is 24.5 Å². The van der Waals surface area contributed by atoms with Crippen molar-refractivity contribution in [3.8, 4) is 22.4 Å². The molecule has 3 atom stereocenters. The van der Waals surface area contributed by atoms with Gasteiger partial charge in [0.1, 0.15) is 17.7 Å².